The zero-order valence-corrected chi connectivity index (χ0v) is 12.4. The van der Waals surface area contributed by atoms with E-state index in [9.17, 15) is 8.42 Å². The molecule has 9 heteroatoms. The van der Waals surface area contributed by atoms with Crippen molar-refractivity contribution < 1.29 is 18.3 Å². The summed E-state index contributed by atoms with van der Waals surface area (Å²) in [5.74, 6) is -0.0461. The van der Waals surface area contributed by atoms with E-state index in [1.165, 1.54) is 16.6 Å². The van der Waals surface area contributed by atoms with Crippen molar-refractivity contribution in [2.45, 2.75) is 11.0 Å². The maximum absolute atomic E-state index is 12.5. The molecule has 2 heterocycles. The Bertz CT molecular complexity index is 566. The van der Waals surface area contributed by atoms with E-state index >= 15 is 0 Å². The van der Waals surface area contributed by atoms with Crippen molar-refractivity contribution in [3.63, 3.8) is 0 Å². The second kappa shape index (κ2) is 5.71. The summed E-state index contributed by atoms with van der Waals surface area (Å²) in [6, 6.07) is 1.42. The molecule has 1 unspecified atom stereocenters. The number of halogens is 1. The van der Waals surface area contributed by atoms with Crippen molar-refractivity contribution in [1.29, 1.82) is 0 Å². The lowest BCUT2D eigenvalue weighted by Gasteiger charge is -2.31. The van der Waals surface area contributed by atoms with E-state index in [0.29, 0.717) is 4.47 Å². The van der Waals surface area contributed by atoms with Crippen LogP contribution in [-0.2, 0) is 14.8 Å². The summed E-state index contributed by atoms with van der Waals surface area (Å²) in [5.41, 5.74) is 5.63. The molecule has 0 radical (unpaired) electrons. The molecule has 1 aromatic rings. The maximum atomic E-state index is 12.5. The van der Waals surface area contributed by atoms with Gasteiger partial charge >= 0.3 is 0 Å². The predicted molar refractivity (Wildman–Crippen MR) is 71.9 cm³/mol. The van der Waals surface area contributed by atoms with Gasteiger partial charge in [-0.15, -0.1) is 0 Å². The quantitative estimate of drug-likeness (QED) is 0.781. The number of aliphatic hydroxyl groups is 1. The number of pyridine rings is 1. The van der Waals surface area contributed by atoms with E-state index in [1.807, 2.05) is 0 Å². The van der Waals surface area contributed by atoms with E-state index < -0.39 is 16.1 Å². The van der Waals surface area contributed by atoms with E-state index in [4.69, 9.17) is 15.6 Å². The molecule has 0 aromatic carbocycles. The van der Waals surface area contributed by atoms with Crippen LogP contribution in [-0.4, -0.2) is 55.2 Å². The highest BCUT2D eigenvalue weighted by atomic mass is 79.9. The zero-order chi connectivity index (χ0) is 14.0. The number of nitrogens with zero attached hydrogens (tertiary/aromatic N) is 2. The van der Waals surface area contributed by atoms with E-state index in [2.05, 4.69) is 20.9 Å². The topological polar surface area (TPSA) is 106 Å². The van der Waals surface area contributed by atoms with E-state index in [-0.39, 0.29) is 37.0 Å². The van der Waals surface area contributed by atoms with Gasteiger partial charge in [-0.2, -0.15) is 4.31 Å². The van der Waals surface area contributed by atoms with Crippen LogP contribution in [0.1, 0.15) is 0 Å². The Balaban J connectivity index is 2.34. The average Bonchev–Trinajstić information content (AvgIpc) is 2.41. The highest BCUT2D eigenvalue weighted by Crippen LogP contribution is 2.25. The third-order valence-corrected chi connectivity index (χ3v) is 5.10. The van der Waals surface area contributed by atoms with Crippen molar-refractivity contribution in [3.05, 3.63) is 16.7 Å². The van der Waals surface area contributed by atoms with Gasteiger partial charge in [0.05, 0.1) is 19.3 Å². The number of aliphatic hydroxyl groups excluding tert-OH is 1. The minimum absolute atomic E-state index is 0.0412. The van der Waals surface area contributed by atoms with Crippen LogP contribution in [0.5, 0.6) is 0 Å². The molecular formula is C10H14BrN3O4S. The van der Waals surface area contributed by atoms with Gasteiger partial charge in [0.2, 0.25) is 10.0 Å². The third kappa shape index (κ3) is 3.06. The fraction of sp³-hybridized carbons (Fsp3) is 0.500. The van der Waals surface area contributed by atoms with Gasteiger partial charge in [0.1, 0.15) is 10.7 Å². The van der Waals surface area contributed by atoms with Crippen LogP contribution in [0.3, 0.4) is 0 Å². The molecule has 3 N–H and O–H groups in total. The van der Waals surface area contributed by atoms with Crippen LogP contribution >= 0.6 is 15.9 Å². The summed E-state index contributed by atoms with van der Waals surface area (Å²) in [5, 5.41) is 9.05. The fourth-order valence-electron chi connectivity index (χ4n) is 1.80. The van der Waals surface area contributed by atoms with Gasteiger partial charge in [0.25, 0.3) is 0 Å². The van der Waals surface area contributed by atoms with Gasteiger partial charge < -0.3 is 15.6 Å². The van der Waals surface area contributed by atoms with Crippen LogP contribution in [0, 0.1) is 0 Å². The predicted octanol–water partition coefficient (Wildman–Crippen LogP) is -0.192. The molecule has 0 aliphatic carbocycles. The van der Waals surface area contributed by atoms with Crippen molar-refractivity contribution in [1.82, 2.24) is 9.29 Å². The normalized spacial score (nSPS) is 21.5. The number of anilines is 1. The molecule has 19 heavy (non-hydrogen) atoms. The summed E-state index contributed by atoms with van der Waals surface area (Å²) in [6.45, 7) is 0.347. The average molecular weight is 352 g/mol. The Kier molecular flexibility index (Phi) is 4.41. The molecule has 1 saturated heterocycles. The SMILES string of the molecule is Nc1ncc(Br)cc1S(=O)(=O)N1CCOC(CO)C1. The first-order valence-corrected chi connectivity index (χ1v) is 7.82. The molecule has 0 bridgehead atoms. The van der Waals surface area contributed by atoms with Crippen LogP contribution in [0.4, 0.5) is 5.82 Å². The second-order valence-corrected chi connectivity index (χ2v) is 6.90. The first kappa shape index (κ1) is 14.7. The van der Waals surface area contributed by atoms with Crippen molar-refractivity contribution >= 4 is 31.8 Å². The molecule has 1 atom stereocenters. The van der Waals surface area contributed by atoms with E-state index in [0.717, 1.165) is 0 Å². The Labute approximate surface area is 119 Å². The Morgan fingerprint density at radius 3 is 3.05 bits per heavy atom. The Morgan fingerprint density at radius 2 is 2.37 bits per heavy atom. The number of morpholine rings is 1. The molecule has 1 aliphatic rings. The van der Waals surface area contributed by atoms with Gasteiger partial charge in [0, 0.05) is 23.8 Å². The number of hydrogen-bond acceptors (Lipinski definition) is 6. The molecular weight excluding hydrogens is 338 g/mol. The Morgan fingerprint density at radius 1 is 1.63 bits per heavy atom. The molecule has 1 aromatic heterocycles. The largest absolute Gasteiger partial charge is 0.394 e. The van der Waals surface area contributed by atoms with Gasteiger partial charge in [0.15, 0.2) is 0 Å². The van der Waals surface area contributed by atoms with Crippen molar-refractivity contribution in [2.75, 3.05) is 32.0 Å². The first-order chi connectivity index (χ1) is 8.95. The lowest BCUT2D eigenvalue weighted by molar-refractivity contribution is -0.0304. The number of aromatic nitrogens is 1. The molecule has 0 amide bonds. The molecule has 1 aliphatic heterocycles. The van der Waals surface area contributed by atoms with Gasteiger partial charge in [-0.3, -0.25) is 0 Å². The summed E-state index contributed by atoms with van der Waals surface area (Å²) >= 11 is 3.17. The maximum Gasteiger partial charge on any atom is 0.246 e. The number of nitrogens with two attached hydrogens (primary N) is 1. The molecule has 0 spiro atoms. The monoisotopic (exact) mass is 351 g/mol. The molecule has 2 rings (SSSR count). The molecule has 1 fully saturated rings. The minimum atomic E-state index is -3.73. The summed E-state index contributed by atoms with van der Waals surface area (Å²) in [6.07, 6.45) is 0.925. The summed E-state index contributed by atoms with van der Waals surface area (Å²) in [4.78, 5) is 3.78. The minimum Gasteiger partial charge on any atom is -0.394 e. The van der Waals surface area contributed by atoms with Gasteiger partial charge in [-0.25, -0.2) is 13.4 Å². The van der Waals surface area contributed by atoms with Gasteiger partial charge in [-0.05, 0) is 22.0 Å². The van der Waals surface area contributed by atoms with Crippen molar-refractivity contribution in [2.24, 2.45) is 0 Å². The number of nitrogen functional groups attached to an aromatic ring is 1. The smallest absolute Gasteiger partial charge is 0.246 e. The summed E-state index contributed by atoms with van der Waals surface area (Å²) in [7, 11) is -3.73. The molecule has 0 saturated carbocycles. The van der Waals surface area contributed by atoms with E-state index in [1.54, 1.807) is 0 Å². The highest BCUT2D eigenvalue weighted by molar-refractivity contribution is 9.10. The standard InChI is InChI=1S/C10H14BrN3O4S/c11-7-3-9(10(12)13-4-7)19(16,17)14-1-2-18-8(5-14)6-15/h3-4,8,15H,1-2,5-6H2,(H2,12,13). The first-order valence-electron chi connectivity index (χ1n) is 5.59. The number of sulfonamides is 1. The fourth-order valence-corrected chi connectivity index (χ4v) is 3.83. The Hall–Kier alpha value is -0.740. The van der Waals surface area contributed by atoms with Crippen LogP contribution < -0.4 is 5.73 Å². The summed E-state index contributed by atoms with van der Waals surface area (Å²) < 4.78 is 32.0. The zero-order valence-electron chi connectivity index (χ0n) is 9.99. The number of hydrogen-bond donors (Lipinski definition) is 2. The highest BCUT2D eigenvalue weighted by Gasteiger charge is 2.32. The second-order valence-electron chi connectivity index (χ2n) is 4.08. The van der Waals surface area contributed by atoms with Crippen LogP contribution in [0.15, 0.2) is 21.6 Å². The lowest BCUT2D eigenvalue weighted by Crippen LogP contribution is -2.46. The third-order valence-electron chi connectivity index (χ3n) is 2.77. The van der Waals surface area contributed by atoms with Gasteiger partial charge in [-0.1, -0.05) is 0 Å². The number of rotatable bonds is 3. The molecule has 7 nitrogen and oxygen atoms in total. The molecule has 106 valence electrons. The number of ether oxygens (including phenoxy) is 1. The van der Waals surface area contributed by atoms with Crippen LogP contribution in [0.25, 0.3) is 0 Å². The van der Waals surface area contributed by atoms with Crippen LogP contribution in [0.2, 0.25) is 0 Å². The lowest BCUT2D eigenvalue weighted by atomic mass is 10.3. The van der Waals surface area contributed by atoms with Crippen molar-refractivity contribution in [3.8, 4) is 0 Å².